The van der Waals surface area contributed by atoms with Gasteiger partial charge in [0.15, 0.2) is 0 Å². The van der Waals surface area contributed by atoms with Crippen LogP contribution in [0.4, 0.5) is 5.69 Å². The highest BCUT2D eigenvalue weighted by molar-refractivity contribution is 6.27. The van der Waals surface area contributed by atoms with Crippen molar-refractivity contribution >= 4 is 34.2 Å². The van der Waals surface area contributed by atoms with Gasteiger partial charge in [0.1, 0.15) is 11.8 Å². The topological polar surface area (TPSA) is 86.7 Å². The zero-order valence-corrected chi connectivity index (χ0v) is 11.5. The molecule has 6 nitrogen and oxygen atoms in total. The van der Waals surface area contributed by atoms with E-state index in [2.05, 4.69) is 5.32 Å². The van der Waals surface area contributed by atoms with Gasteiger partial charge in [-0.05, 0) is 24.6 Å². The van der Waals surface area contributed by atoms with Crippen LogP contribution in [-0.2, 0) is 9.59 Å². The van der Waals surface area contributed by atoms with Crippen LogP contribution in [0.15, 0.2) is 30.3 Å². The van der Waals surface area contributed by atoms with Gasteiger partial charge in [-0.15, -0.1) is 0 Å². The molecular weight excluding hydrogens is 284 g/mol. The van der Waals surface area contributed by atoms with Crippen molar-refractivity contribution in [2.45, 2.75) is 18.9 Å². The minimum Gasteiger partial charge on any atom is -0.507 e. The van der Waals surface area contributed by atoms with Crippen molar-refractivity contribution in [3.63, 3.8) is 0 Å². The summed E-state index contributed by atoms with van der Waals surface area (Å²) in [4.78, 5) is 37.5. The van der Waals surface area contributed by atoms with E-state index in [0.29, 0.717) is 28.4 Å². The number of hydrogen-bond donors (Lipinski definition) is 2. The second-order valence-electron chi connectivity index (χ2n) is 5.47. The Morgan fingerprint density at radius 1 is 1.14 bits per heavy atom. The standard InChI is InChI=1S/C16H12N2O4/c19-12-6-4-10-14-8(12)2-1-3-9(14)16(22)18(10)11-5-7-13(20)17-15(11)21/h1-4,6,11,19H,5,7H2,(H,17,20,21). The van der Waals surface area contributed by atoms with Crippen LogP contribution >= 0.6 is 0 Å². The summed E-state index contributed by atoms with van der Waals surface area (Å²) in [6.45, 7) is 0. The highest BCUT2D eigenvalue weighted by Crippen LogP contribution is 2.42. The van der Waals surface area contributed by atoms with Crippen LogP contribution in [0.25, 0.3) is 10.8 Å². The third kappa shape index (κ3) is 1.57. The fraction of sp³-hybridized carbons (Fsp3) is 0.188. The third-order valence-electron chi connectivity index (χ3n) is 4.23. The van der Waals surface area contributed by atoms with Gasteiger partial charge in [-0.3, -0.25) is 24.6 Å². The Morgan fingerprint density at radius 2 is 1.95 bits per heavy atom. The molecule has 22 heavy (non-hydrogen) atoms. The SMILES string of the molecule is O=C1CCC(N2C(=O)c3cccc4c(O)ccc2c34)C(=O)N1. The van der Waals surface area contributed by atoms with Gasteiger partial charge >= 0.3 is 0 Å². The number of carbonyl (C=O) groups is 3. The second kappa shape index (κ2) is 4.30. The van der Waals surface area contributed by atoms with Gasteiger partial charge in [-0.2, -0.15) is 0 Å². The Labute approximate surface area is 125 Å². The number of nitrogens with one attached hydrogen (secondary N) is 1. The predicted octanol–water partition coefficient (Wildman–Crippen LogP) is 1.31. The minimum absolute atomic E-state index is 0.0959. The average molecular weight is 296 g/mol. The zero-order valence-electron chi connectivity index (χ0n) is 11.5. The van der Waals surface area contributed by atoms with Crippen molar-refractivity contribution in [2.24, 2.45) is 0 Å². The quantitative estimate of drug-likeness (QED) is 0.777. The number of nitrogens with zero attached hydrogens (tertiary/aromatic N) is 1. The van der Waals surface area contributed by atoms with Crippen LogP contribution in [0.3, 0.4) is 0 Å². The Balaban J connectivity index is 1.89. The Bertz CT molecular complexity index is 859. The van der Waals surface area contributed by atoms with Crippen LogP contribution in [0.1, 0.15) is 23.2 Å². The van der Waals surface area contributed by atoms with Crippen molar-refractivity contribution in [3.8, 4) is 5.75 Å². The Morgan fingerprint density at radius 3 is 2.73 bits per heavy atom. The molecule has 3 amide bonds. The van der Waals surface area contributed by atoms with Crippen LogP contribution in [0.2, 0.25) is 0 Å². The Hall–Kier alpha value is -2.89. The number of imide groups is 1. The predicted molar refractivity (Wildman–Crippen MR) is 78.6 cm³/mol. The first-order valence-electron chi connectivity index (χ1n) is 7.00. The van der Waals surface area contributed by atoms with Crippen molar-refractivity contribution in [1.82, 2.24) is 5.32 Å². The number of amides is 3. The summed E-state index contributed by atoms with van der Waals surface area (Å²) in [6, 6.07) is 7.56. The van der Waals surface area contributed by atoms with Gasteiger partial charge in [-0.1, -0.05) is 12.1 Å². The van der Waals surface area contributed by atoms with Gasteiger partial charge in [0, 0.05) is 22.8 Å². The lowest BCUT2D eigenvalue weighted by Gasteiger charge is -2.30. The Kier molecular flexibility index (Phi) is 2.51. The first-order chi connectivity index (χ1) is 10.6. The highest BCUT2D eigenvalue weighted by atomic mass is 16.3. The van der Waals surface area contributed by atoms with E-state index in [1.54, 1.807) is 24.3 Å². The zero-order chi connectivity index (χ0) is 15.4. The monoisotopic (exact) mass is 296 g/mol. The summed E-state index contributed by atoms with van der Waals surface area (Å²) in [5, 5.41) is 13.5. The van der Waals surface area contributed by atoms with Gasteiger partial charge < -0.3 is 5.11 Å². The summed E-state index contributed by atoms with van der Waals surface area (Å²) in [5.74, 6) is -0.959. The second-order valence-corrected chi connectivity index (χ2v) is 5.47. The molecule has 110 valence electrons. The molecule has 1 fully saturated rings. The van der Waals surface area contributed by atoms with Crippen LogP contribution in [0, 0.1) is 0 Å². The molecule has 0 spiro atoms. The molecule has 1 saturated heterocycles. The van der Waals surface area contributed by atoms with Crippen LogP contribution in [0.5, 0.6) is 5.75 Å². The van der Waals surface area contributed by atoms with E-state index >= 15 is 0 Å². The minimum atomic E-state index is -0.703. The molecule has 1 unspecified atom stereocenters. The number of carbonyl (C=O) groups excluding carboxylic acids is 3. The lowest BCUT2D eigenvalue weighted by Crippen LogP contribution is -2.53. The molecule has 0 saturated carbocycles. The van der Waals surface area contributed by atoms with Gasteiger partial charge in [0.2, 0.25) is 11.8 Å². The maximum Gasteiger partial charge on any atom is 0.259 e. The summed E-state index contributed by atoms with van der Waals surface area (Å²) < 4.78 is 0. The summed E-state index contributed by atoms with van der Waals surface area (Å²) in [6.07, 6.45) is 0.504. The highest BCUT2D eigenvalue weighted by Gasteiger charge is 2.40. The number of phenols is 1. The number of anilines is 1. The molecule has 2 aromatic rings. The average Bonchev–Trinajstić information content (AvgIpc) is 2.78. The molecule has 2 N–H and O–H groups in total. The van der Waals surface area contributed by atoms with E-state index in [4.69, 9.17) is 0 Å². The molecule has 0 aliphatic carbocycles. The maximum atomic E-state index is 12.7. The number of benzene rings is 2. The summed E-state index contributed by atoms with van der Waals surface area (Å²) in [5.41, 5.74) is 1.07. The number of rotatable bonds is 1. The van der Waals surface area contributed by atoms with Crippen molar-refractivity contribution < 1.29 is 19.5 Å². The normalized spacial score (nSPS) is 20.6. The van der Waals surface area contributed by atoms with E-state index in [-0.39, 0.29) is 24.0 Å². The molecule has 6 heteroatoms. The molecule has 0 bridgehead atoms. The van der Waals surface area contributed by atoms with Crippen molar-refractivity contribution in [1.29, 1.82) is 0 Å². The lowest BCUT2D eigenvalue weighted by molar-refractivity contribution is -0.134. The fourth-order valence-corrected chi connectivity index (χ4v) is 3.23. The van der Waals surface area contributed by atoms with Crippen LogP contribution < -0.4 is 10.2 Å². The molecular formula is C16H12N2O4. The van der Waals surface area contributed by atoms with E-state index < -0.39 is 11.9 Å². The largest absolute Gasteiger partial charge is 0.507 e. The molecule has 2 aliphatic rings. The lowest BCUT2D eigenvalue weighted by atomic mass is 10.0. The molecule has 1 atom stereocenters. The summed E-state index contributed by atoms with van der Waals surface area (Å²) in [7, 11) is 0. The van der Waals surface area contributed by atoms with Crippen molar-refractivity contribution in [2.75, 3.05) is 4.90 Å². The number of aromatic hydroxyl groups is 1. The summed E-state index contributed by atoms with van der Waals surface area (Å²) >= 11 is 0. The third-order valence-corrected chi connectivity index (χ3v) is 4.23. The number of phenolic OH excluding ortho intramolecular Hbond substituents is 1. The first kappa shape index (κ1) is 12.8. The van der Waals surface area contributed by atoms with Gasteiger partial charge in [-0.25, -0.2) is 0 Å². The first-order valence-corrected chi connectivity index (χ1v) is 7.00. The van der Waals surface area contributed by atoms with E-state index in [1.807, 2.05) is 0 Å². The fourth-order valence-electron chi connectivity index (χ4n) is 3.23. The van der Waals surface area contributed by atoms with E-state index in [1.165, 1.54) is 11.0 Å². The molecule has 4 rings (SSSR count). The molecule has 0 radical (unpaired) electrons. The smallest absolute Gasteiger partial charge is 0.259 e. The molecule has 2 aromatic carbocycles. The number of piperidine rings is 1. The van der Waals surface area contributed by atoms with Gasteiger partial charge in [0.25, 0.3) is 5.91 Å². The molecule has 0 aromatic heterocycles. The van der Waals surface area contributed by atoms with Gasteiger partial charge in [0.05, 0.1) is 5.69 Å². The van der Waals surface area contributed by atoms with Crippen LogP contribution in [-0.4, -0.2) is 28.9 Å². The molecule has 2 heterocycles. The molecule has 2 aliphatic heterocycles. The number of hydrogen-bond acceptors (Lipinski definition) is 4. The maximum absolute atomic E-state index is 12.7. The van der Waals surface area contributed by atoms with E-state index in [9.17, 15) is 19.5 Å². The van der Waals surface area contributed by atoms with E-state index in [0.717, 1.165) is 0 Å². The van der Waals surface area contributed by atoms with Crippen molar-refractivity contribution in [3.05, 3.63) is 35.9 Å².